The number of amides is 1. The predicted molar refractivity (Wildman–Crippen MR) is 83.4 cm³/mol. The van der Waals surface area contributed by atoms with E-state index >= 15 is 0 Å². The standard InChI is InChI=1S/C15H15N3O2S/c1-8-7-21-15(17-8)9(2)18-14(19)13-6-10-5-11(16)3-4-12(10)20-13/h3-7,9H,16H2,1-2H3,(H,18,19). The van der Waals surface area contributed by atoms with Crippen molar-refractivity contribution in [2.24, 2.45) is 0 Å². The van der Waals surface area contributed by atoms with E-state index < -0.39 is 0 Å². The van der Waals surface area contributed by atoms with E-state index in [1.54, 1.807) is 24.3 Å². The number of hydrogen-bond donors (Lipinski definition) is 2. The van der Waals surface area contributed by atoms with Crippen LogP contribution in [0.15, 0.2) is 34.1 Å². The number of furan rings is 1. The van der Waals surface area contributed by atoms with Gasteiger partial charge < -0.3 is 15.5 Å². The number of carbonyl (C=O) groups excluding carboxylic acids is 1. The summed E-state index contributed by atoms with van der Waals surface area (Å²) < 4.78 is 5.54. The van der Waals surface area contributed by atoms with Gasteiger partial charge in [0, 0.05) is 22.1 Å². The lowest BCUT2D eigenvalue weighted by Gasteiger charge is -2.09. The van der Waals surface area contributed by atoms with Crippen molar-refractivity contribution in [1.29, 1.82) is 0 Å². The normalized spacial score (nSPS) is 12.5. The van der Waals surface area contributed by atoms with Crippen LogP contribution in [0, 0.1) is 6.92 Å². The summed E-state index contributed by atoms with van der Waals surface area (Å²) in [5.41, 5.74) is 7.96. The Labute approximate surface area is 125 Å². The van der Waals surface area contributed by atoms with Gasteiger partial charge in [0.15, 0.2) is 5.76 Å². The molecule has 0 saturated heterocycles. The number of anilines is 1. The molecule has 0 saturated carbocycles. The third-order valence-electron chi connectivity index (χ3n) is 3.12. The number of thiazole rings is 1. The minimum Gasteiger partial charge on any atom is -0.451 e. The average Bonchev–Trinajstić information content (AvgIpc) is 3.04. The number of fused-ring (bicyclic) bond motifs is 1. The van der Waals surface area contributed by atoms with Crippen LogP contribution in [0.5, 0.6) is 0 Å². The number of hydrogen-bond acceptors (Lipinski definition) is 5. The van der Waals surface area contributed by atoms with Crippen molar-refractivity contribution in [1.82, 2.24) is 10.3 Å². The van der Waals surface area contributed by atoms with Crippen molar-refractivity contribution >= 4 is 33.9 Å². The lowest BCUT2D eigenvalue weighted by atomic mass is 10.2. The van der Waals surface area contributed by atoms with Crippen LogP contribution in [0.1, 0.15) is 34.2 Å². The van der Waals surface area contributed by atoms with Gasteiger partial charge in [0.05, 0.1) is 6.04 Å². The van der Waals surface area contributed by atoms with Crippen LogP contribution in [0.2, 0.25) is 0 Å². The van der Waals surface area contributed by atoms with Gasteiger partial charge >= 0.3 is 0 Å². The van der Waals surface area contributed by atoms with Gasteiger partial charge in [0.1, 0.15) is 10.6 Å². The Balaban J connectivity index is 1.80. The van der Waals surface area contributed by atoms with E-state index in [4.69, 9.17) is 10.2 Å². The van der Waals surface area contributed by atoms with Crippen molar-refractivity contribution < 1.29 is 9.21 Å². The van der Waals surface area contributed by atoms with Crippen molar-refractivity contribution in [2.45, 2.75) is 19.9 Å². The Hall–Kier alpha value is -2.34. The molecule has 0 fully saturated rings. The Morgan fingerprint density at radius 3 is 2.95 bits per heavy atom. The number of nitrogens with zero attached hydrogens (tertiary/aromatic N) is 1. The fraction of sp³-hybridized carbons (Fsp3) is 0.200. The number of rotatable bonds is 3. The van der Waals surface area contributed by atoms with Crippen molar-refractivity contribution in [3.63, 3.8) is 0 Å². The van der Waals surface area contributed by atoms with E-state index in [2.05, 4.69) is 10.3 Å². The van der Waals surface area contributed by atoms with Gasteiger partial charge in [-0.05, 0) is 38.1 Å². The Kier molecular flexibility index (Phi) is 3.39. The molecule has 1 atom stereocenters. The number of aromatic nitrogens is 1. The predicted octanol–water partition coefficient (Wildman–Crippen LogP) is 3.27. The van der Waals surface area contributed by atoms with Crippen molar-refractivity contribution in [2.75, 3.05) is 5.73 Å². The van der Waals surface area contributed by atoms with Gasteiger partial charge in [0.25, 0.3) is 5.91 Å². The van der Waals surface area contributed by atoms with E-state index in [9.17, 15) is 4.79 Å². The molecule has 0 spiro atoms. The van der Waals surface area contributed by atoms with Crippen LogP contribution in [0.3, 0.4) is 0 Å². The van der Waals surface area contributed by atoms with Crippen LogP contribution >= 0.6 is 11.3 Å². The maximum Gasteiger partial charge on any atom is 0.287 e. The molecule has 1 amide bonds. The van der Waals surface area contributed by atoms with Gasteiger partial charge in [-0.3, -0.25) is 4.79 Å². The van der Waals surface area contributed by atoms with Crippen LogP contribution in [-0.4, -0.2) is 10.9 Å². The van der Waals surface area contributed by atoms with E-state index in [0.29, 0.717) is 11.3 Å². The third-order valence-corrected chi connectivity index (χ3v) is 4.26. The first-order chi connectivity index (χ1) is 10.0. The molecule has 0 aliphatic rings. The molecule has 2 aromatic heterocycles. The molecule has 3 aromatic rings. The number of benzene rings is 1. The molecule has 108 valence electrons. The molecule has 1 aromatic carbocycles. The molecule has 3 N–H and O–H groups in total. The van der Waals surface area contributed by atoms with Crippen LogP contribution in [0.4, 0.5) is 5.69 Å². The molecule has 0 radical (unpaired) electrons. The van der Waals surface area contributed by atoms with Gasteiger partial charge in [-0.25, -0.2) is 4.98 Å². The summed E-state index contributed by atoms with van der Waals surface area (Å²) in [6.45, 7) is 3.83. The molecular weight excluding hydrogens is 286 g/mol. The first-order valence-corrected chi connectivity index (χ1v) is 7.43. The lowest BCUT2D eigenvalue weighted by molar-refractivity contribution is 0.0914. The lowest BCUT2D eigenvalue weighted by Crippen LogP contribution is -2.26. The largest absolute Gasteiger partial charge is 0.451 e. The fourth-order valence-corrected chi connectivity index (χ4v) is 2.88. The zero-order valence-electron chi connectivity index (χ0n) is 11.7. The molecule has 6 heteroatoms. The molecule has 1 unspecified atom stereocenters. The summed E-state index contributed by atoms with van der Waals surface area (Å²) in [6, 6.07) is 6.82. The second kappa shape index (κ2) is 5.21. The fourth-order valence-electron chi connectivity index (χ4n) is 2.07. The van der Waals surface area contributed by atoms with Gasteiger partial charge in [-0.2, -0.15) is 0 Å². The summed E-state index contributed by atoms with van der Waals surface area (Å²) in [5.74, 6) is 0.0147. The monoisotopic (exact) mass is 301 g/mol. The summed E-state index contributed by atoms with van der Waals surface area (Å²) in [6.07, 6.45) is 0. The summed E-state index contributed by atoms with van der Waals surface area (Å²) >= 11 is 1.53. The maximum atomic E-state index is 12.2. The minimum atomic E-state index is -0.259. The van der Waals surface area contributed by atoms with E-state index in [1.807, 2.05) is 19.2 Å². The van der Waals surface area contributed by atoms with Gasteiger partial charge in [-0.15, -0.1) is 11.3 Å². The molecule has 0 aliphatic heterocycles. The molecule has 21 heavy (non-hydrogen) atoms. The highest BCUT2D eigenvalue weighted by Gasteiger charge is 2.17. The first kappa shape index (κ1) is 13.6. The summed E-state index contributed by atoms with van der Waals surface area (Å²) in [4.78, 5) is 16.6. The molecular formula is C15H15N3O2S. The summed E-state index contributed by atoms with van der Waals surface area (Å²) in [5, 5.41) is 6.54. The second-order valence-electron chi connectivity index (χ2n) is 4.93. The number of aryl methyl sites for hydroxylation is 1. The molecule has 0 aliphatic carbocycles. The smallest absolute Gasteiger partial charge is 0.287 e. The average molecular weight is 301 g/mol. The Bertz CT molecular complexity index is 806. The topological polar surface area (TPSA) is 81.2 Å². The van der Waals surface area contributed by atoms with E-state index in [1.165, 1.54) is 11.3 Å². The number of nitrogens with one attached hydrogen (secondary N) is 1. The quantitative estimate of drug-likeness (QED) is 0.727. The van der Waals surface area contributed by atoms with Crippen LogP contribution in [0.25, 0.3) is 11.0 Å². The van der Waals surface area contributed by atoms with Crippen LogP contribution in [-0.2, 0) is 0 Å². The Morgan fingerprint density at radius 1 is 1.43 bits per heavy atom. The number of nitrogen functional groups attached to an aromatic ring is 1. The van der Waals surface area contributed by atoms with E-state index in [-0.39, 0.29) is 17.7 Å². The van der Waals surface area contributed by atoms with Gasteiger partial charge in [-0.1, -0.05) is 0 Å². The SMILES string of the molecule is Cc1csc(C(C)NC(=O)c2cc3cc(N)ccc3o2)n1. The van der Waals surface area contributed by atoms with Crippen molar-refractivity contribution in [3.05, 3.63) is 46.1 Å². The highest BCUT2D eigenvalue weighted by atomic mass is 32.1. The summed E-state index contributed by atoms with van der Waals surface area (Å²) in [7, 11) is 0. The first-order valence-electron chi connectivity index (χ1n) is 6.55. The molecule has 3 rings (SSSR count). The Morgan fingerprint density at radius 2 is 2.24 bits per heavy atom. The zero-order chi connectivity index (χ0) is 15.0. The highest BCUT2D eigenvalue weighted by molar-refractivity contribution is 7.09. The number of carbonyl (C=O) groups is 1. The third kappa shape index (κ3) is 2.75. The molecule has 2 heterocycles. The zero-order valence-corrected chi connectivity index (χ0v) is 12.5. The van der Waals surface area contributed by atoms with Crippen molar-refractivity contribution in [3.8, 4) is 0 Å². The maximum absolute atomic E-state index is 12.2. The number of nitrogens with two attached hydrogens (primary N) is 1. The van der Waals surface area contributed by atoms with Gasteiger partial charge in [0.2, 0.25) is 0 Å². The van der Waals surface area contributed by atoms with E-state index in [0.717, 1.165) is 16.1 Å². The molecule has 0 bridgehead atoms. The minimum absolute atomic E-state index is 0.158. The molecule has 5 nitrogen and oxygen atoms in total. The highest BCUT2D eigenvalue weighted by Crippen LogP contribution is 2.23. The second-order valence-corrected chi connectivity index (χ2v) is 5.82. The van der Waals surface area contributed by atoms with Crippen LogP contribution < -0.4 is 11.1 Å².